The zero-order valence-electron chi connectivity index (χ0n) is 9.41. The molecule has 1 heterocycles. The molecule has 13 heavy (non-hydrogen) atoms. The van der Waals surface area contributed by atoms with E-state index in [1.807, 2.05) is 0 Å². The van der Waals surface area contributed by atoms with E-state index in [2.05, 4.69) is 51.8 Å². The molecular formula is C10H20N2S. The summed E-state index contributed by atoms with van der Waals surface area (Å²) in [6.45, 7) is 13.4. The zero-order valence-corrected chi connectivity index (χ0v) is 10.2. The fourth-order valence-corrected chi connectivity index (χ4v) is 2.31. The molecule has 0 spiro atoms. The predicted octanol–water partition coefficient (Wildman–Crippen LogP) is 3.05. The molecule has 0 atom stereocenters. The van der Waals surface area contributed by atoms with Crippen molar-refractivity contribution in [1.29, 1.82) is 0 Å². The normalized spacial score (nSPS) is 19.2. The Morgan fingerprint density at radius 3 is 1.77 bits per heavy atom. The molecule has 1 rings (SSSR count). The molecule has 0 aromatic heterocycles. The van der Waals surface area contributed by atoms with Crippen molar-refractivity contribution >= 4 is 11.9 Å². The summed E-state index contributed by atoms with van der Waals surface area (Å²) in [7, 11) is 0. The van der Waals surface area contributed by atoms with Gasteiger partial charge in [-0.2, -0.15) is 4.83 Å². The fourth-order valence-electron chi connectivity index (χ4n) is 1.29. The minimum Gasteiger partial charge on any atom is -0.314 e. The van der Waals surface area contributed by atoms with Crippen molar-refractivity contribution in [3.63, 3.8) is 0 Å². The maximum atomic E-state index is 3.25. The Morgan fingerprint density at radius 2 is 1.46 bits per heavy atom. The maximum absolute atomic E-state index is 3.25. The van der Waals surface area contributed by atoms with E-state index in [1.165, 1.54) is 10.6 Å². The number of hydrogen-bond acceptors (Lipinski definition) is 3. The second-order valence-corrected chi connectivity index (χ2v) is 6.35. The van der Waals surface area contributed by atoms with Crippen molar-refractivity contribution in [3.05, 3.63) is 10.6 Å². The monoisotopic (exact) mass is 200 g/mol. The lowest BCUT2D eigenvalue weighted by atomic mass is 9.85. The van der Waals surface area contributed by atoms with E-state index in [0.29, 0.717) is 0 Å². The van der Waals surface area contributed by atoms with Crippen LogP contribution in [0.2, 0.25) is 0 Å². The Hall–Kier alpha value is -0.150. The first-order chi connectivity index (χ1) is 5.73. The van der Waals surface area contributed by atoms with E-state index in [0.717, 1.165) is 0 Å². The molecule has 2 N–H and O–H groups in total. The van der Waals surface area contributed by atoms with E-state index >= 15 is 0 Å². The first-order valence-corrected chi connectivity index (χ1v) is 5.47. The Morgan fingerprint density at radius 1 is 0.923 bits per heavy atom. The molecular weight excluding hydrogens is 180 g/mol. The van der Waals surface area contributed by atoms with Gasteiger partial charge in [0.15, 0.2) is 0 Å². The molecule has 2 nitrogen and oxygen atoms in total. The summed E-state index contributed by atoms with van der Waals surface area (Å²) in [6.07, 6.45) is 0. The molecule has 0 unspecified atom stereocenters. The minimum absolute atomic E-state index is 0.194. The third-order valence-electron chi connectivity index (χ3n) is 1.99. The number of rotatable bonds is 0. The van der Waals surface area contributed by atoms with Gasteiger partial charge in [-0.05, 0) is 17.4 Å². The lowest BCUT2D eigenvalue weighted by molar-refractivity contribution is 0.435. The summed E-state index contributed by atoms with van der Waals surface area (Å²) in [5.74, 6) is 0. The van der Waals surface area contributed by atoms with Crippen LogP contribution in [-0.4, -0.2) is 0 Å². The van der Waals surface area contributed by atoms with E-state index in [-0.39, 0.29) is 10.8 Å². The van der Waals surface area contributed by atoms with Crippen LogP contribution in [0.25, 0.3) is 0 Å². The molecule has 76 valence electrons. The first-order valence-electron chi connectivity index (χ1n) is 4.66. The molecule has 0 aromatic rings. The van der Waals surface area contributed by atoms with E-state index in [4.69, 9.17) is 0 Å². The SMILES string of the molecule is CC(C)(C)C1=C(C(C)(C)C)SNN1. The van der Waals surface area contributed by atoms with Crippen LogP contribution in [0, 0.1) is 10.8 Å². The third-order valence-corrected chi connectivity index (χ3v) is 3.21. The van der Waals surface area contributed by atoms with Crippen LogP contribution in [0.5, 0.6) is 0 Å². The average Bonchev–Trinajstić information content (AvgIpc) is 2.27. The molecule has 0 radical (unpaired) electrons. The number of hydrogen-bond donors (Lipinski definition) is 2. The molecule has 0 bridgehead atoms. The van der Waals surface area contributed by atoms with Crippen LogP contribution in [-0.2, 0) is 0 Å². The van der Waals surface area contributed by atoms with E-state index < -0.39 is 0 Å². The number of hydrazine groups is 1. The summed E-state index contributed by atoms with van der Waals surface area (Å²) in [6, 6.07) is 0. The second kappa shape index (κ2) is 3.21. The number of allylic oxidation sites excluding steroid dienone is 2. The van der Waals surface area contributed by atoms with Crippen molar-refractivity contribution < 1.29 is 0 Å². The van der Waals surface area contributed by atoms with E-state index in [9.17, 15) is 0 Å². The van der Waals surface area contributed by atoms with E-state index in [1.54, 1.807) is 11.9 Å². The summed E-state index contributed by atoms with van der Waals surface area (Å²) >= 11 is 1.70. The quantitative estimate of drug-likeness (QED) is 0.588. The lowest BCUT2D eigenvalue weighted by Crippen LogP contribution is -2.27. The molecule has 0 fully saturated rings. The average molecular weight is 200 g/mol. The van der Waals surface area contributed by atoms with Gasteiger partial charge in [0.25, 0.3) is 0 Å². The van der Waals surface area contributed by atoms with Crippen LogP contribution in [0.4, 0.5) is 0 Å². The summed E-state index contributed by atoms with van der Waals surface area (Å²) in [5, 5.41) is 0. The highest BCUT2D eigenvalue weighted by molar-refractivity contribution is 8.01. The van der Waals surface area contributed by atoms with Crippen molar-refractivity contribution in [1.82, 2.24) is 10.3 Å². The molecule has 1 aliphatic rings. The molecule has 3 heteroatoms. The van der Waals surface area contributed by atoms with Gasteiger partial charge in [-0.25, -0.2) is 0 Å². The van der Waals surface area contributed by atoms with Gasteiger partial charge in [0.1, 0.15) is 0 Å². The summed E-state index contributed by atoms with van der Waals surface area (Å²) in [5.41, 5.74) is 4.99. The summed E-state index contributed by atoms with van der Waals surface area (Å²) < 4.78 is 0. The van der Waals surface area contributed by atoms with Gasteiger partial charge in [-0.3, -0.25) is 0 Å². The van der Waals surface area contributed by atoms with Crippen LogP contribution in [0.3, 0.4) is 0 Å². The van der Waals surface area contributed by atoms with Gasteiger partial charge in [0, 0.05) is 16.0 Å². The largest absolute Gasteiger partial charge is 0.314 e. The topological polar surface area (TPSA) is 24.1 Å². The molecule has 0 aliphatic carbocycles. The van der Waals surface area contributed by atoms with Gasteiger partial charge in [-0.1, -0.05) is 41.5 Å². The van der Waals surface area contributed by atoms with Crippen molar-refractivity contribution in [2.24, 2.45) is 10.8 Å². The van der Waals surface area contributed by atoms with Crippen LogP contribution >= 0.6 is 11.9 Å². The van der Waals surface area contributed by atoms with Gasteiger partial charge in [-0.15, -0.1) is 0 Å². The van der Waals surface area contributed by atoms with Gasteiger partial charge >= 0.3 is 0 Å². The molecule has 0 saturated heterocycles. The van der Waals surface area contributed by atoms with Crippen LogP contribution < -0.4 is 10.3 Å². The zero-order chi connectivity index (χ0) is 10.3. The highest BCUT2D eigenvalue weighted by atomic mass is 32.2. The lowest BCUT2D eigenvalue weighted by Gasteiger charge is -2.26. The highest BCUT2D eigenvalue weighted by Gasteiger charge is 2.32. The van der Waals surface area contributed by atoms with Gasteiger partial charge < -0.3 is 5.43 Å². The predicted molar refractivity (Wildman–Crippen MR) is 59.8 cm³/mol. The molecule has 0 saturated carbocycles. The van der Waals surface area contributed by atoms with Crippen molar-refractivity contribution in [3.8, 4) is 0 Å². The Kier molecular flexibility index (Phi) is 2.70. The number of nitrogens with one attached hydrogen (secondary N) is 2. The second-order valence-electron chi connectivity index (χ2n) is 5.53. The van der Waals surface area contributed by atoms with Gasteiger partial charge in [0.05, 0.1) is 0 Å². The van der Waals surface area contributed by atoms with Gasteiger partial charge in [0.2, 0.25) is 0 Å². The minimum atomic E-state index is 0.194. The smallest absolute Gasteiger partial charge is 0.0438 e. The molecule has 0 amide bonds. The first kappa shape index (κ1) is 10.9. The summed E-state index contributed by atoms with van der Waals surface area (Å²) in [4.78, 5) is 4.54. The Labute approximate surface area is 85.7 Å². The highest BCUT2D eigenvalue weighted by Crippen LogP contribution is 2.42. The van der Waals surface area contributed by atoms with Crippen molar-refractivity contribution in [2.75, 3.05) is 0 Å². The van der Waals surface area contributed by atoms with Crippen molar-refractivity contribution in [2.45, 2.75) is 41.5 Å². The Bertz CT molecular complexity index is 206. The Balaban J connectivity index is 3.04. The standard InChI is InChI=1S/C10H20N2S/c1-9(2,3)7-8(10(4,5)6)13-12-11-7/h11-12H,1-6H3. The molecule has 0 aromatic carbocycles. The maximum Gasteiger partial charge on any atom is 0.0438 e. The van der Waals surface area contributed by atoms with Crippen LogP contribution in [0.1, 0.15) is 41.5 Å². The third kappa shape index (κ3) is 2.41. The fraction of sp³-hybridized carbons (Fsp3) is 0.800. The van der Waals surface area contributed by atoms with Crippen LogP contribution in [0.15, 0.2) is 10.6 Å². The molecule has 1 aliphatic heterocycles.